The van der Waals surface area contributed by atoms with Crippen LogP contribution in [-0.2, 0) is 14.3 Å². The number of fused-ring (bicyclic) bond motifs is 7. The molecule has 0 aromatic carbocycles. The quantitative estimate of drug-likeness (QED) is 0.179. The second kappa shape index (κ2) is 11.2. The number of ether oxygens (including phenoxy) is 1. The SMILES string of the molecule is C=C(C)C1CCC2(C)CCC3(C)C(CCC4C5(C)CCC(OC(=O)C6=C(\C(=O)N=O)CC/C=C/C=C\6)C(C)(C)C5CCC43C)C12. The van der Waals surface area contributed by atoms with Gasteiger partial charge in [-0.1, -0.05) is 71.9 Å². The number of hydrogen-bond acceptors (Lipinski definition) is 4. The van der Waals surface area contributed by atoms with Gasteiger partial charge in [0.05, 0.1) is 5.57 Å². The van der Waals surface area contributed by atoms with Gasteiger partial charge in [-0.3, -0.25) is 4.79 Å². The maximum atomic E-state index is 13.7. The standard InChI is InChI=1S/C40H57NO4/c1-25(2)26-17-20-37(5)23-24-39(7)29(33(26)37)15-16-31-38(6)21-19-32(36(3,4)30(38)18-22-40(31,39)8)45-35(43)28-14-12-10-9-11-13-27(28)34(42)41-44/h9-10,12,14,26,29-33H,1,11,13,15-24H2,2-8H3/b10-9+,14-12-,28-27-. The van der Waals surface area contributed by atoms with E-state index in [0.29, 0.717) is 46.8 Å². The van der Waals surface area contributed by atoms with Crippen LogP contribution in [-0.4, -0.2) is 18.0 Å². The summed E-state index contributed by atoms with van der Waals surface area (Å²) in [6, 6.07) is 0. The minimum absolute atomic E-state index is 0.159. The lowest BCUT2D eigenvalue weighted by Gasteiger charge is -2.73. The monoisotopic (exact) mass is 615 g/mol. The zero-order valence-electron chi connectivity index (χ0n) is 29.0. The van der Waals surface area contributed by atoms with Crippen LogP contribution in [0, 0.1) is 61.6 Å². The molecule has 6 aliphatic carbocycles. The summed E-state index contributed by atoms with van der Waals surface area (Å²) in [6.45, 7) is 22.0. The van der Waals surface area contributed by atoms with Crippen molar-refractivity contribution in [2.75, 3.05) is 0 Å². The molecule has 10 unspecified atom stereocenters. The third kappa shape index (κ3) is 4.74. The number of carbonyl (C=O) groups excluding carboxylic acids is 2. The fourth-order valence-corrected chi connectivity index (χ4v) is 13.1. The molecule has 5 nitrogen and oxygen atoms in total. The van der Waals surface area contributed by atoms with Crippen molar-refractivity contribution in [1.29, 1.82) is 0 Å². The van der Waals surface area contributed by atoms with Crippen LogP contribution in [0.1, 0.15) is 126 Å². The Bertz CT molecular complexity index is 1370. The van der Waals surface area contributed by atoms with Gasteiger partial charge in [0.2, 0.25) is 0 Å². The fourth-order valence-electron chi connectivity index (χ4n) is 13.1. The molecule has 0 aromatic rings. The number of carbonyl (C=O) groups is 2. The Balaban J connectivity index is 1.27. The highest BCUT2D eigenvalue weighted by atomic mass is 16.5. The number of nitrogens with zero attached hydrogens (tertiary/aromatic N) is 1. The Kier molecular flexibility index (Phi) is 8.09. The summed E-state index contributed by atoms with van der Waals surface area (Å²) < 4.78 is 6.34. The van der Waals surface area contributed by atoms with Gasteiger partial charge < -0.3 is 4.74 Å². The normalized spacial score (nSPS) is 48.2. The Labute approximate surface area is 271 Å². The van der Waals surface area contributed by atoms with Crippen molar-refractivity contribution in [3.8, 4) is 0 Å². The van der Waals surface area contributed by atoms with Crippen molar-refractivity contribution >= 4 is 11.9 Å². The zero-order chi connectivity index (χ0) is 32.6. The highest BCUT2D eigenvalue weighted by molar-refractivity contribution is 6.05. The highest BCUT2D eigenvalue weighted by Crippen LogP contribution is 2.77. The fraction of sp³-hybridized carbons (Fsp3) is 0.750. The molecule has 10 atom stereocenters. The third-order valence-corrected chi connectivity index (χ3v) is 15.6. The first kappa shape index (κ1) is 32.6. The summed E-state index contributed by atoms with van der Waals surface area (Å²) in [5, 5.41) is 2.65. The van der Waals surface area contributed by atoms with E-state index in [1.165, 1.54) is 50.5 Å². The van der Waals surface area contributed by atoms with Crippen LogP contribution in [0.3, 0.4) is 0 Å². The van der Waals surface area contributed by atoms with Gasteiger partial charge in [0.25, 0.3) is 0 Å². The molecule has 0 N–H and O–H groups in total. The number of rotatable bonds is 4. The molecule has 5 heteroatoms. The molecule has 0 aromatic heterocycles. The topological polar surface area (TPSA) is 72.8 Å². The van der Waals surface area contributed by atoms with E-state index in [1.807, 2.05) is 12.2 Å². The molecular weight excluding hydrogens is 558 g/mol. The predicted molar refractivity (Wildman–Crippen MR) is 180 cm³/mol. The van der Waals surface area contributed by atoms with E-state index < -0.39 is 11.9 Å². The zero-order valence-corrected chi connectivity index (χ0v) is 29.0. The van der Waals surface area contributed by atoms with E-state index in [-0.39, 0.29) is 28.1 Å². The van der Waals surface area contributed by atoms with E-state index in [0.717, 1.165) is 31.1 Å². The first-order chi connectivity index (χ1) is 21.1. The Morgan fingerprint density at radius 2 is 1.62 bits per heavy atom. The molecule has 0 spiro atoms. The number of allylic oxidation sites excluding steroid dienone is 4. The summed E-state index contributed by atoms with van der Waals surface area (Å²) >= 11 is 0. The molecule has 0 heterocycles. The predicted octanol–water partition coefficient (Wildman–Crippen LogP) is 10.1. The first-order valence-electron chi connectivity index (χ1n) is 17.9. The lowest BCUT2D eigenvalue weighted by molar-refractivity contribution is -0.248. The van der Waals surface area contributed by atoms with Crippen molar-refractivity contribution in [3.05, 3.63) is 52.5 Å². The maximum Gasteiger partial charge on any atom is 0.338 e. The van der Waals surface area contributed by atoms with Gasteiger partial charge >= 0.3 is 11.9 Å². The summed E-state index contributed by atoms with van der Waals surface area (Å²) in [7, 11) is 0. The Morgan fingerprint density at radius 3 is 2.33 bits per heavy atom. The van der Waals surface area contributed by atoms with Gasteiger partial charge in [-0.15, -0.1) is 4.91 Å². The van der Waals surface area contributed by atoms with Gasteiger partial charge in [-0.05, 0) is 141 Å². The van der Waals surface area contributed by atoms with Crippen LogP contribution in [0.5, 0.6) is 0 Å². The summed E-state index contributed by atoms with van der Waals surface area (Å²) in [5.74, 6) is 1.93. The maximum absolute atomic E-state index is 13.7. The molecule has 5 fully saturated rings. The average Bonchev–Trinajstić information content (AvgIpc) is 3.32. The number of hydrogen-bond donors (Lipinski definition) is 0. The minimum Gasteiger partial charge on any atom is -0.458 e. The number of nitroso groups, excluding NO2 is 1. The highest BCUT2D eigenvalue weighted by Gasteiger charge is 2.70. The van der Waals surface area contributed by atoms with Crippen LogP contribution < -0.4 is 0 Å². The van der Waals surface area contributed by atoms with Gasteiger partial charge in [0.1, 0.15) is 6.10 Å². The van der Waals surface area contributed by atoms with Gasteiger partial charge in [-0.25, -0.2) is 4.79 Å². The summed E-state index contributed by atoms with van der Waals surface area (Å²) in [4.78, 5) is 37.3. The van der Waals surface area contributed by atoms with Crippen molar-refractivity contribution in [2.45, 2.75) is 132 Å². The van der Waals surface area contributed by atoms with E-state index in [1.54, 1.807) is 12.2 Å². The van der Waals surface area contributed by atoms with Crippen molar-refractivity contribution < 1.29 is 14.3 Å². The molecule has 45 heavy (non-hydrogen) atoms. The molecule has 0 bridgehead atoms. The molecule has 5 saturated carbocycles. The smallest absolute Gasteiger partial charge is 0.338 e. The van der Waals surface area contributed by atoms with Gasteiger partial charge in [0, 0.05) is 16.2 Å². The van der Waals surface area contributed by atoms with E-state index >= 15 is 0 Å². The Morgan fingerprint density at radius 1 is 0.867 bits per heavy atom. The summed E-state index contributed by atoms with van der Waals surface area (Å²) in [6.07, 6.45) is 20.1. The molecule has 246 valence electrons. The van der Waals surface area contributed by atoms with E-state index in [9.17, 15) is 14.5 Å². The van der Waals surface area contributed by atoms with Crippen molar-refractivity contribution in [2.24, 2.45) is 61.8 Å². The van der Waals surface area contributed by atoms with E-state index in [4.69, 9.17) is 4.74 Å². The molecule has 6 rings (SSSR count). The average molecular weight is 616 g/mol. The second-order valence-electron chi connectivity index (χ2n) is 17.7. The minimum atomic E-state index is -0.872. The van der Waals surface area contributed by atoms with Gasteiger partial charge in [0.15, 0.2) is 0 Å². The second-order valence-corrected chi connectivity index (χ2v) is 17.7. The largest absolute Gasteiger partial charge is 0.458 e. The van der Waals surface area contributed by atoms with Crippen molar-refractivity contribution in [1.82, 2.24) is 0 Å². The lowest BCUT2D eigenvalue weighted by Crippen LogP contribution is -2.66. The third-order valence-electron chi connectivity index (χ3n) is 15.6. The lowest BCUT2D eigenvalue weighted by atomic mass is 9.32. The molecule has 0 radical (unpaired) electrons. The molecular formula is C40H57NO4. The van der Waals surface area contributed by atoms with Crippen LogP contribution in [0.2, 0.25) is 0 Å². The molecule has 0 saturated heterocycles. The molecule has 0 aliphatic heterocycles. The number of esters is 1. The van der Waals surface area contributed by atoms with Gasteiger partial charge in [-0.2, -0.15) is 0 Å². The Hall–Kier alpha value is -2.30. The van der Waals surface area contributed by atoms with Crippen LogP contribution in [0.4, 0.5) is 0 Å². The first-order valence-corrected chi connectivity index (χ1v) is 17.9. The van der Waals surface area contributed by atoms with Crippen LogP contribution in [0.25, 0.3) is 0 Å². The van der Waals surface area contributed by atoms with E-state index in [2.05, 4.69) is 60.2 Å². The summed E-state index contributed by atoms with van der Waals surface area (Å²) in [5.41, 5.74) is 2.82. The molecule has 1 amide bonds. The van der Waals surface area contributed by atoms with Crippen molar-refractivity contribution in [3.63, 3.8) is 0 Å². The molecule has 6 aliphatic rings. The number of amides is 1. The van der Waals surface area contributed by atoms with Crippen LogP contribution >= 0.6 is 0 Å². The van der Waals surface area contributed by atoms with Crippen LogP contribution in [0.15, 0.2) is 52.8 Å².